The Bertz CT molecular complexity index is 1110. The molecule has 3 rings (SSSR count). The summed E-state index contributed by atoms with van der Waals surface area (Å²) < 4.78 is 12.7. The quantitative estimate of drug-likeness (QED) is 0.392. The number of aromatic nitrogens is 2. The van der Waals surface area contributed by atoms with E-state index in [2.05, 4.69) is 5.32 Å². The normalized spacial score (nSPS) is 11.6. The topological polar surface area (TPSA) is 82.5 Å². The molecule has 7 heteroatoms. The van der Waals surface area contributed by atoms with Crippen LogP contribution in [-0.4, -0.2) is 34.8 Å². The Balaban J connectivity index is 1.61. The Hall–Kier alpha value is -3.61. The number of nitrogens with zero attached hydrogens (tertiary/aromatic N) is 2. The second-order valence-electron chi connectivity index (χ2n) is 7.88. The van der Waals surface area contributed by atoms with Crippen molar-refractivity contribution in [3.63, 3.8) is 0 Å². The summed E-state index contributed by atoms with van der Waals surface area (Å²) in [5.41, 5.74) is 2.35. The maximum absolute atomic E-state index is 12.8. The highest BCUT2D eigenvalue weighted by Crippen LogP contribution is 2.19. The zero-order valence-corrected chi connectivity index (χ0v) is 20.1. The molecular weight excluding hydrogens is 430 g/mol. The predicted octanol–water partition coefficient (Wildman–Crippen LogP) is 4.70. The lowest BCUT2D eigenvalue weighted by molar-refractivity contribution is -0.144. The van der Waals surface area contributed by atoms with Crippen LogP contribution in [0.15, 0.2) is 65.5 Å². The van der Waals surface area contributed by atoms with Crippen molar-refractivity contribution < 1.29 is 14.3 Å². The molecular formula is C27H33N3O4. The van der Waals surface area contributed by atoms with Gasteiger partial charge in [0, 0.05) is 23.7 Å². The van der Waals surface area contributed by atoms with Gasteiger partial charge >= 0.3 is 5.97 Å². The number of esters is 1. The minimum absolute atomic E-state index is 0.0882. The monoisotopic (exact) mass is 463 g/mol. The van der Waals surface area contributed by atoms with Crippen LogP contribution < -0.4 is 15.6 Å². The Morgan fingerprint density at radius 2 is 1.79 bits per heavy atom. The number of hydrogen-bond acceptors (Lipinski definition) is 6. The Morgan fingerprint density at radius 1 is 1.06 bits per heavy atom. The van der Waals surface area contributed by atoms with E-state index < -0.39 is 0 Å². The maximum Gasteiger partial charge on any atom is 0.328 e. The Kier molecular flexibility index (Phi) is 9.26. The van der Waals surface area contributed by atoms with Crippen LogP contribution in [0.25, 0.3) is 11.3 Å². The van der Waals surface area contributed by atoms with Gasteiger partial charge in [0.25, 0.3) is 5.56 Å². The van der Waals surface area contributed by atoms with Crippen LogP contribution in [0.2, 0.25) is 0 Å². The van der Waals surface area contributed by atoms with Crippen LogP contribution in [0, 0.1) is 0 Å². The Morgan fingerprint density at radius 3 is 2.44 bits per heavy atom. The van der Waals surface area contributed by atoms with Crippen LogP contribution in [0.4, 0.5) is 5.69 Å². The summed E-state index contributed by atoms with van der Waals surface area (Å²) >= 11 is 0. The van der Waals surface area contributed by atoms with Crippen molar-refractivity contribution >= 4 is 11.7 Å². The van der Waals surface area contributed by atoms with Crippen LogP contribution in [0.3, 0.4) is 0 Å². The molecule has 0 radical (unpaired) electrons. The van der Waals surface area contributed by atoms with E-state index in [0.717, 1.165) is 23.5 Å². The molecule has 0 spiro atoms. The van der Waals surface area contributed by atoms with Crippen LogP contribution in [0.1, 0.15) is 39.4 Å². The van der Waals surface area contributed by atoms with Gasteiger partial charge in [-0.3, -0.25) is 9.36 Å². The fourth-order valence-electron chi connectivity index (χ4n) is 3.70. The van der Waals surface area contributed by atoms with E-state index >= 15 is 0 Å². The minimum Gasteiger partial charge on any atom is -0.492 e. The highest BCUT2D eigenvalue weighted by molar-refractivity contribution is 5.79. The van der Waals surface area contributed by atoms with Crippen LogP contribution >= 0.6 is 0 Å². The van der Waals surface area contributed by atoms with Crippen LogP contribution in [-0.2, 0) is 22.5 Å². The lowest BCUT2D eigenvalue weighted by Gasteiger charge is -2.18. The van der Waals surface area contributed by atoms with Crippen molar-refractivity contribution in [2.45, 2.75) is 52.6 Å². The van der Waals surface area contributed by atoms with Gasteiger partial charge in [-0.15, -0.1) is 0 Å². The van der Waals surface area contributed by atoms with E-state index in [4.69, 9.17) is 14.5 Å². The molecule has 0 unspecified atom stereocenters. The highest BCUT2D eigenvalue weighted by Gasteiger charge is 2.18. The molecule has 3 aromatic rings. The van der Waals surface area contributed by atoms with Crippen molar-refractivity contribution in [3.8, 4) is 17.0 Å². The molecule has 0 aliphatic heterocycles. The van der Waals surface area contributed by atoms with Gasteiger partial charge in [0.2, 0.25) is 0 Å². The van der Waals surface area contributed by atoms with E-state index in [1.54, 1.807) is 17.6 Å². The molecule has 0 fully saturated rings. The minimum atomic E-state index is -0.373. The first-order chi connectivity index (χ1) is 16.5. The number of hydrogen-bond donors (Lipinski definition) is 1. The number of nitrogens with one attached hydrogen (secondary N) is 1. The fraction of sp³-hybridized carbons (Fsp3) is 0.370. The van der Waals surface area contributed by atoms with Gasteiger partial charge in [-0.1, -0.05) is 50.6 Å². The fourth-order valence-corrected chi connectivity index (χ4v) is 3.70. The molecule has 1 N–H and O–H groups in total. The van der Waals surface area contributed by atoms with Gasteiger partial charge in [-0.25, -0.2) is 9.78 Å². The van der Waals surface area contributed by atoms with Crippen molar-refractivity contribution in [2.75, 3.05) is 18.5 Å². The molecule has 0 bridgehead atoms. The smallest absolute Gasteiger partial charge is 0.328 e. The average Bonchev–Trinajstić information content (AvgIpc) is 2.86. The number of carbonyl (C=O) groups excluding carboxylic acids is 1. The van der Waals surface area contributed by atoms with Crippen molar-refractivity contribution in [1.82, 2.24) is 9.55 Å². The molecule has 0 saturated heterocycles. The first kappa shape index (κ1) is 25.0. The predicted molar refractivity (Wildman–Crippen MR) is 134 cm³/mol. The molecule has 2 aromatic carbocycles. The van der Waals surface area contributed by atoms with E-state index in [0.29, 0.717) is 44.0 Å². The number of carbonyl (C=O) groups is 1. The van der Waals surface area contributed by atoms with Gasteiger partial charge in [0.1, 0.15) is 24.2 Å². The SMILES string of the molecule is CCC[C@H](Nc1ccc(OCCn2c(CC)nc(-c3ccccc3)cc2=O)cc1)C(=O)OCC. The molecule has 7 nitrogen and oxygen atoms in total. The summed E-state index contributed by atoms with van der Waals surface area (Å²) in [5, 5.41) is 3.23. The molecule has 0 aliphatic rings. The third kappa shape index (κ3) is 6.70. The summed E-state index contributed by atoms with van der Waals surface area (Å²) in [6, 6.07) is 18.3. The van der Waals surface area contributed by atoms with Gasteiger partial charge in [-0.2, -0.15) is 0 Å². The van der Waals surface area contributed by atoms with E-state index in [1.165, 1.54) is 0 Å². The molecule has 1 aromatic heterocycles. The number of aryl methyl sites for hydroxylation is 1. The van der Waals surface area contributed by atoms with E-state index in [9.17, 15) is 9.59 Å². The maximum atomic E-state index is 12.8. The second kappa shape index (κ2) is 12.6. The summed E-state index contributed by atoms with van der Waals surface area (Å²) in [5.74, 6) is 1.18. The molecule has 0 saturated carbocycles. The summed E-state index contributed by atoms with van der Waals surface area (Å²) in [7, 11) is 0. The third-order valence-corrected chi connectivity index (χ3v) is 5.40. The summed E-state index contributed by atoms with van der Waals surface area (Å²) in [6.45, 7) is 6.94. The highest BCUT2D eigenvalue weighted by atomic mass is 16.5. The summed E-state index contributed by atoms with van der Waals surface area (Å²) in [6.07, 6.45) is 2.22. The molecule has 180 valence electrons. The third-order valence-electron chi connectivity index (χ3n) is 5.40. The van der Waals surface area contributed by atoms with Gasteiger partial charge in [0.15, 0.2) is 0 Å². The number of rotatable bonds is 12. The lowest BCUT2D eigenvalue weighted by Crippen LogP contribution is -2.31. The molecule has 0 amide bonds. The van der Waals surface area contributed by atoms with E-state index in [1.807, 2.05) is 68.4 Å². The van der Waals surface area contributed by atoms with Crippen molar-refractivity contribution in [1.29, 1.82) is 0 Å². The van der Waals surface area contributed by atoms with E-state index in [-0.39, 0.29) is 17.6 Å². The Labute approximate surface area is 200 Å². The average molecular weight is 464 g/mol. The zero-order chi connectivity index (χ0) is 24.3. The number of benzene rings is 2. The van der Waals surface area contributed by atoms with Gasteiger partial charge in [-0.05, 0) is 37.6 Å². The molecule has 34 heavy (non-hydrogen) atoms. The summed E-state index contributed by atoms with van der Waals surface area (Å²) in [4.78, 5) is 29.6. The van der Waals surface area contributed by atoms with Gasteiger partial charge in [0.05, 0.1) is 18.8 Å². The molecule has 1 heterocycles. The first-order valence-corrected chi connectivity index (χ1v) is 11.9. The first-order valence-electron chi connectivity index (χ1n) is 11.9. The zero-order valence-electron chi connectivity index (χ0n) is 20.1. The van der Waals surface area contributed by atoms with Crippen molar-refractivity contribution in [2.24, 2.45) is 0 Å². The van der Waals surface area contributed by atoms with Crippen molar-refractivity contribution in [3.05, 3.63) is 76.8 Å². The standard InChI is InChI=1S/C27H33N3O4/c1-4-10-23(27(32)33-6-3)28-21-13-15-22(16-14-21)34-18-17-30-25(5-2)29-24(19-26(30)31)20-11-8-7-9-12-20/h7-9,11-16,19,23,28H,4-6,10,17-18H2,1-3H3/t23-/m0/s1. The largest absolute Gasteiger partial charge is 0.492 e. The van der Waals surface area contributed by atoms with Gasteiger partial charge < -0.3 is 14.8 Å². The second-order valence-corrected chi connectivity index (χ2v) is 7.88. The number of ether oxygens (including phenoxy) is 2. The lowest BCUT2D eigenvalue weighted by atomic mass is 10.1. The molecule has 1 atom stereocenters. The van der Waals surface area contributed by atoms with Crippen LogP contribution in [0.5, 0.6) is 5.75 Å². The number of anilines is 1. The molecule has 0 aliphatic carbocycles.